The molecule has 3 heterocycles. The predicted octanol–water partition coefficient (Wildman–Crippen LogP) is 4.39. The molecule has 1 N–H and O–H groups in total. The second kappa shape index (κ2) is 9.90. The third-order valence-corrected chi connectivity index (χ3v) is 6.79. The molecular formula is C25H25N3O5S. The highest BCUT2D eigenvalue weighted by Gasteiger charge is 2.23. The lowest BCUT2D eigenvalue weighted by Crippen LogP contribution is -2.18. The van der Waals surface area contributed by atoms with Crippen molar-refractivity contribution in [1.82, 2.24) is 9.55 Å². The van der Waals surface area contributed by atoms with Gasteiger partial charge in [-0.05, 0) is 31.4 Å². The maximum atomic E-state index is 12.8. The van der Waals surface area contributed by atoms with Crippen molar-refractivity contribution in [3.63, 3.8) is 0 Å². The summed E-state index contributed by atoms with van der Waals surface area (Å²) in [7, 11) is 0. The molecule has 1 unspecified atom stereocenters. The molecule has 3 aromatic rings. The number of hydrogen-bond donors (Lipinski definition) is 1. The van der Waals surface area contributed by atoms with Crippen LogP contribution < -0.4 is 14.8 Å². The van der Waals surface area contributed by atoms with E-state index < -0.39 is 0 Å². The summed E-state index contributed by atoms with van der Waals surface area (Å²) in [6.07, 6.45) is 4.04. The van der Waals surface area contributed by atoms with E-state index in [-0.39, 0.29) is 30.3 Å². The van der Waals surface area contributed by atoms with Gasteiger partial charge in [-0.25, -0.2) is 4.98 Å². The van der Waals surface area contributed by atoms with Crippen molar-refractivity contribution in [2.24, 2.45) is 0 Å². The number of hydrogen-bond acceptors (Lipinski definition) is 7. The first-order valence-corrected chi connectivity index (χ1v) is 12.2. The minimum Gasteiger partial charge on any atom is -0.454 e. The van der Waals surface area contributed by atoms with E-state index in [0.717, 1.165) is 35.9 Å². The van der Waals surface area contributed by atoms with E-state index in [1.807, 2.05) is 36.5 Å². The third-order valence-electron chi connectivity index (χ3n) is 5.80. The second-order valence-corrected chi connectivity index (χ2v) is 9.12. The fourth-order valence-corrected chi connectivity index (χ4v) is 4.92. The van der Waals surface area contributed by atoms with Crippen LogP contribution in [0.25, 0.3) is 11.3 Å². The van der Waals surface area contributed by atoms with Crippen molar-refractivity contribution in [2.45, 2.75) is 37.6 Å². The Morgan fingerprint density at radius 3 is 2.71 bits per heavy atom. The molecule has 0 radical (unpaired) electrons. The maximum Gasteiger partial charge on any atom is 0.234 e. The van der Waals surface area contributed by atoms with E-state index in [1.54, 1.807) is 12.1 Å². The van der Waals surface area contributed by atoms with Gasteiger partial charge in [-0.15, -0.1) is 0 Å². The molecule has 2 aliphatic heterocycles. The molecular weight excluding hydrogens is 454 g/mol. The van der Waals surface area contributed by atoms with E-state index >= 15 is 0 Å². The summed E-state index contributed by atoms with van der Waals surface area (Å²) in [5.41, 5.74) is 2.85. The Morgan fingerprint density at radius 2 is 1.97 bits per heavy atom. The Morgan fingerprint density at radius 1 is 1.18 bits per heavy atom. The zero-order valence-electron chi connectivity index (χ0n) is 18.8. The Bertz CT molecular complexity index is 1200. The van der Waals surface area contributed by atoms with Crippen LogP contribution >= 0.6 is 11.8 Å². The SMILES string of the molecule is CC(=O)c1cc2c(cc1NC(=O)CSc1ncc(-c3ccccc3)n1CC1CCCO1)OCO2. The van der Waals surface area contributed by atoms with Gasteiger partial charge in [-0.2, -0.15) is 0 Å². The molecule has 1 amide bonds. The summed E-state index contributed by atoms with van der Waals surface area (Å²) in [5.74, 6) is 0.748. The van der Waals surface area contributed by atoms with Crippen LogP contribution in [-0.4, -0.2) is 46.5 Å². The summed E-state index contributed by atoms with van der Waals surface area (Å²) in [5, 5.41) is 3.60. The minimum absolute atomic E-state index is 0.0943. The lowest BCUT2D eigenvalue weighted by molar-refractivity contribution is -0.113. The molecule has 2 aliphatic rings. The fraction of sp³-hybridized carbons (Fsp3) is 0.320. The van der Waals surface area contributed by atoms with Crippen LogP contribution in [0.4, 0.5) is 5.69 Å². The molecule has 9 heteroatoms. The van der Waals surface area contributed by atoms with Gasteiger partial charge in [0, 0.05) is 18.2 Å². The van der Waals surface area contributed by atoms with Crippen LogP contribution in [0, 0.1) is 0 Å². The molecule has 1 atom stereocenters. The lowest BCUT2D eigenvalue weighted by Gasteiger charge is -2.16. The molecule has 1 aromatic heterocycles. The van der Waals surface area contributed by atoms with Gasteiger partial charge < -0.3 is 24.1 Å². The Hall–Kier alpha value is -3.30. The van der Waals surface area contributed by atoms with E-state index in [9.17, 15) is 9.59 Å². The van der Waals surface area contributed by atoms with E-state index in [4.69, 9.17) is 14.2 Å². The average molecular weight is 480 g/mol. The normalized spacial score (nSPS) is 16.6. The summed E-state index contributed by atoms with van der Waals surface area (Å²) in [6, 6.07) is 13.3. The maximum absolute atomic E-state index is 12.8. The average Bonchev–Trinajstić information content (AvgIpc) is 3.59. The van der Waals surface area contributed by atoms with E-state index in [2.05, 4.69) is 14.9 Å². The number of rotatable bonds is 8. The van der Waals surface area contributed by atoms with Crippen molar-refractivity contribution in [1.29, 1.82) is 0 Å². The molecule has 0 saturated carbocycles. The molecule has 0 spiro atoms. The van der Waals surface area contributed by atoms with Gasteiger partial charge in [0.15, 0.2) is 22.4 Å². The van der Waals surface area contributed by atoms with Crippen molar-refractivity contribution in [3.8, 4) is 22.8 Å². The number of aromatic nitrogens is 2. The second-order valence-electron chi connectivity index (χ2n) is 8.18. The smallest absolute Gasteiger partial charge is 0.234 e. The first-order valence-electron chi connectivity index (χ1n) is 11.2. The molecule has 2 aromatic carbocycles. The number of carbonyl (C=O) groups excluding carboxylic acids is 2. The molecule has 34 heavy (non-hydrogen) atoms. The first kappa shape index (κ1) is 22.5. The number of anilines is 1. The summed E-state index contributed by atoms with van der Waals surface area (Å²) >= 11 is 1.36. The zero-order chi connectivity index (χ0) is 23.5. The number of imidazole rings is 1. The van der Waals surface area contributed by atoms with Gasteiger partial charge in [-0.3, -0.25) is 9.59 Å². The molecule has 0 aliphatic carbocycles. The van der Waals surface area contributed by atoms with Crippen LogP contribution in [-0.2, 0) is 16.1 Å². The van der Waals surface area contributed by atoms with Gasteiger partial charge in [0.25, 0.3) is 0 Å². The summed E-state index contributed by atoms with van der Waals surface area (Å²) < 4.78 is 18.7. The first-order chi connectivity index (χ1) is 16.6. The van der Waals surface area contributed by atoms with Crippen molar-refractivity contribution < 1.29 is 23.8 Å². The van der Waals surface area contributed by atoms with Gasteiger partial charge in [-0.1, -0.05) is 42.1 Å². The molecule has 0 bridgehead atoms. The number of benzene rings is 2. The van der Waals surface area contributed by atoms with Gasteiger partial charge in [0.2, 0.25) is 12.7 Å². The van der Waals surface area contributed by atoms with E-state index in [0.29, 0.717) is 29.3 Å². The van der Waals surface area contributed by atoms with Crippen LogP contribution in [0.5, 0.6) is 11.5 Å². The van der Waals surface area contributed by atoms with Crippen molar-refractivity contribution in [3.05, 3.63) is 54.2 Å². The number of thioether (sulfide) groups is 1. The largest absolute Gasteiger partial charge is 0.454 e. The number of amides is 1. The molecule has 5 rings (SSSR count). The lowest BCUT2D eigenvalue weighted by atomic mass is 10.1. The Labute approximate surface area is 201 Å². The Kier molecular flexibility index (Phi) is 6.55. The van der Waals surface area contributed by atoms with Crippen molar-refractivity contribution >= 4 is 29.1 Å². The number of fused-ring (bicyclic) bond motifs is 1. The highest BCUT2D eigenvalue weighted by atomic mass is 32.2. The van der Waals surface area contributed by atoms with Gasteiger partial charge in [0.05, 0.1) is 36.0 Å². The Balaban J connectivity index is 1.33. The molecule has 8 nitrogen and oxygen atoms in total. The zero-order valence-corrected chi connectivity index (χ0v) is 19.6. The number of ketones is 1. The standard InChI is InChI=1S/C25H25N3O5S/c1-16(29)19-10-22-23(33-15-32-22)11-20(19)27-24(30)14-34-25-26-12-21(17-6-3-2-4-7-17)28(25)13-18-8-5-9-31-18/h2-4,6-7,10-12,18H,5,8-9,13-15H2,1H3,(H,27,30). The number of Topliss-reactive ketones (excluding diaryl/α,β-unsaturated/α-hetero) is 1. The minimum atomic E-state index is -0.237. The summed E-state index contributed by atoms with van der Waals surface area (Å²) in [4.78, 5) is 29.5. The molecule has 1 saturated heterocycles. The van der Waals surface area contributed by atoms with Crippen LogP contribution in [0.2, 0.25) is 0 Å². The molecule has 1 fully saturated rings. The number of nitrogens with zero attached hydrogens (tertiary/aromatic N) is 2. The van der Waals surface area contributed by atoms with Crippen LogP contribution in [0.1, 0.15) is 30.1 Å². The quantitative estimate of drug-likeness (QED) is 0.378. The third kappa shape index (κ3) is 4.80. The number of nitrogens with one attached hydrogen (secondary N) is 1. The molecule has 176 valence electrons. The van der Waals surface area contributed by atoms with Crippen LogP contribution in [0.15, 0.2) is 53.8 Å². The van der Waals surface area contributed by atoms with Gasteiger partial charge >= 0.3 is 0 Å². The van der Waals surface area contributed by atoms with E-state index in [1.165, 1.54) is 18.7 Å². The summed E-state index contributed by atoms with van der Waals surface area (Å²) in [6.45, 7) is 3.01. The van der Waals surface area contributed by atoms with Crippen LogP contribution in [0.3, 0.4) is 0 Å². The number of carbonyl (C=O) groups is 2. The highest BCUT2D eigenvalue weighted by molar-refractivity contribution is 7.99. The fourth-order valence-electron chi connectivity index (χ4n) is 4.13. The topological polar surface area (TPSA) is 91.7 Å². The number of ether oxygens (including phenoxy) is 3. The van der Waals surface area contributed by atoms with Crippen molar-refractivity contribution in [2.75, 3.05) is 24.5 Å². The highest BCUT2D eigenvalue weighted by Crippen LogP contribution is 2.37. The monoisotopic (exact) mass is 479 g/mol. The van der Waals surface area contributed by atoms with Gasteiger partial charge in [0.1, 0.15) is 0 Å². The predicted molar refractivity (Wildman–Crippen MR) is 129 cm³/mol.